The quantitative estimate of drug-likeness (QED) is 0.919. The molecule has 1 aliphatic heterocycles. The Bertz CT molecular complexity index is 446. The minimum absolute atomic E-state index is 0.00309. The van der Waals surface area contributed by atoms with Gasteiger partial charge in [-0.15, -0.1) is 0 Å². The molecule has 1 aromatic carbocycles. The molecule has 0 spiro atoms. The molecule has 0 bridgehead atoms. The number of likely N-dealkylation sites (tertiary alicyclic amines) is 1. The second-order valence-electron chi connectivity index (χ2n) is 4.96. The molecule has 0 unspecified atom stereocenters. The second kappa shape index (κ2) is 7.58. The Morgan fingerprint density at radius 3 is 2.40 bits per heavy atom. The van der Waals surface area contributed by atoms with E-state index in [2.05, 4.69) is 5.32 Å². The Kier molecular flexibility index (Phi) is 5.47. The van der Waals surface area contributed by atoms with E-state index in [0.29, 0.717) is 0 Å². The number of hydrogen-bond donors (Lipinski definition) is 1. The van der Waals surface area contributed by atoms with Gasteiger partial charge in [0.15, 0.2) is 0 Å². The van der Waals surface area contributed by atoms with Crippen LogP contribution in [-0.4, -0.2) is 31.1 Å². The molecule has 1 N–H and O–H groups in total. The van der Waals surface area contributed by atoms with E-state index >= 15 is 0 Å². The molecular formula is C16H22N2O2. The summed E-state index contributed by atoms with van der Waals surface area (Å²) in [6.07, 6.45) is 8.26. The highest BCUT2D eigenvalue weighted by Crippen LogP contribution is 2.12. The van der Waals surface area contributed by atoms with Crippen molar-refractivity contribution in [2.75, 3.05) is 20.2 Å². The SMILES string of the molecule is COc1ccc(/C=C/NC(=O)N2CCCCCC2)cc1. The average molecular weight is 274 g/mol. The second-order valence-corrected chi connectivity index (χ2v) is 4.96. The molecule has 2 amide bonds. The van der Waals surface area contributed by atoms with Gasteiger partial charge in [-0.2, -0.15) is 0 Å². The summed E-state index contributed by atoms with van der Waals surface area (Å²) < 4.78 is 5.10. The van der Waals surface area contributed by atoms with Gasteiger partial charge in [-0.25, -0.2) is 4.79 Å². The predicted molar refractivity (Wildman–Crippen MR) is 80.6 cm³/mol. The minimum atomic E-state index is -0.00309. The third kappa shape index (κ3) is 4.30. The fourth-order valence-corrected chi connectivity index (χ4v) is 2.29. The Labute approximate surface area is 120 Å². The largest absolute Gasteiger partial charge is 0.497 e. The lowest BCUT2D eigenvalue weighted by Gasteiger charge is -2.19. The fourth-order valence-electron chi connectivity index (χ4n) is 2.29. The lowest BCUT2D eigenvalue weighted by molar-refractivity contribution is 0.203. The molecule has 0 radical (unpaired) electrons. The predicted octanol–water partition coefficient (Wildman–Crippen LogP) is 3.25. The number of nitrogens with zero attached hydrogens (tertiary/aromatic N) is 1. The number of rotatable bonds is 3. The van der Waals surface area contributed by atoms with Gasteiger partial charge >= 0.3 is 6.03 Å². The summed E-state index contributed by atoms with van der Waals surface area (Å²) in [6.45, 7) is 1.73. The number of benzene rings is 1. The maximum atomic E-state index is 12.0. The third-order valence-electron chi connectivity index (χ3n) is 3.49. The molecule has 4 nitrogen and oxygen atoms in total. The molecular weight excluding hydrogens is 252 g/mol. The first-order valence-corrected chi connectivity index (χ1v) is 7.15. The summed E-state index contributed by atoms with van der Waals surface area (Å²) in [5.41, 5.74) is 1.03. The molecule has 2 rings (SSSR count). The van der Waals surface area contributed by atoms with Crippen LogP contribution in [0.1, 0.15) is 31.2 Å². The summed E-state index contributed by atoms with van der Waals surface area (Å²) in [4.78, 5) is 13.9. The summed E-state index contributed by atoms with van der Waals surface area (Å²) >= 11 is 0. The smallest absolute Gasteiger partial charge is 0.321 e. The molecule has 1 heterocycles. The van der Waals surface area contributed by atoms with E-state index in [0.717, 1.165) is 37.2 Å². The van der Waals surface area contributed by atoms with Crippen LogP contribution in [0, 0.1) is 0 Å². The Morgan fingerprint density at radius 1 is 1.15 bits per heavy atom. The topological polar surface area (TPSA) is 41.6 Å². The van der Waals surface area contributed by atoms with Crippen molar-refractivity contribution in [3.63, 3.8) is 0 Å². The van der Waals surface area contributed by atoms with Crippen LogP contribution in [0.4, 0.5) is 4.79 Å². The van der Waals surface area contributed by atoms with Crippen LogP contribution in [0.15, 0.2) is 30.5 Å². The highest BCUT2D eigenvalue weighted by molar-refractivity contribution is 5.76. The Hall–Kier alpha value is -1.97. The van der Waals surface area contributed by atoms with E-state index in [-0.39, 0.29) is 6.03 Å². The molecule has 0 aliphatic carbocycles. The van der Waals surface area contributed by atoms with Gasteiger partial charge in [0, 0.05) is 19.3 Å². The van der Waals surface area contributed by atoms with Gasteiger partial charge in [0.05, 0.1) is 7.11 Å². The molecule has 0 aromatic heterocycles. The van der Waals surface area contributed by atoms with Crippen molar-refractivity contribution in [1.29, 1.82) is 0 Å². The highest BCUT2D eigenvalue weighted by Gasteiger charge is 2.13. The first kappa shape index (κ1) is 14.4. The lowest BCUT2D eigenvalue weighted by Crippen LogP contribution is -2.38. The van der Waals surface area contributed by atoms with Crippen LogP contribution >= 0.6 is 0 Å². The highest BCUT2D eigenvalue weighted by atomic mass is 16.5. The third-order valence-corrected chi connectivity index (χ3v) is 3.49. The Morgan fingerprint density at radius 2 is 1.80 bits per heavy atom. The van der Waals surface area contributed by atoms with Crippen LogP contribution in [0.5, 0.6) is 5.75 Å². The van der Waals surface area contributed by atoms with Gasteiger partial charge in [0.25, 0.3) is 0 Å². The van der Waals surface area contributed by atoms with Crippen LogP contribution in [0.25, 0.3) is 6.08 Å². The number of carbonyl (C=O) groups excluding carboxylic acids is 1. The number of methoxy groups -OCH3 is 1. The molecule has 20 heavy (non-hydrogen) atoms. The van der Waals surface area contributed by atoms with Gasteiger partial charge in [-0.1, -0.05) is 25.0 Å². The number of nitrogens with one attached hydrogen (secondary N) is 1. The van der Waals surface area contributed by atoms with Crippen molar-refractivity contribution in [2.24, 2.45) is 0 Å². The van der Waals surface area contributed by atoms with E-state index < -0.39 is 0 Å². The van der Waals surface area contributed by atoms with Crippen molar-refractivity contribution in [3.8, 4) is 5.75 Å². The van der Waals surface area contributed by atoms with Crippen LogP contribution in [0.3, 0.4) is 0 Å². The van der Waals surface area contributed by atoms with E-state index in [9.17, 15) is 4.79 Å². The van der Waals surface area contributed by atoms with Crippen LogP contribution in [0.2, 0.25) is 0 Å². The molecule has 4 heteroatoms. The van der Waals surface area contributed by atoms with Crippen molar-refractivity contribution < 1.29 is 9.53 Å². The molecule has 108 valence electrons. The van der Waals surface area contributed by atoms with Crippen LogP contribution < -0.4 is 10.1 Å². The fraction of sp³-hybridized carbons (Fsp3) is 0.438. The normalized spacial score (nSPS) is 15.9. The standard InChI is InChI=1S/C16H22N2O2/c1-20-15-8-6-14(7-9-15)10-11-17-16(19)18-12-4-2-3-5-13-18/h6-11H,2-5,12-13H2,1H3,(H,17,19)/b11-10+. The molecule has 1 fully saturated rings. The summed E-state index contributed by atoms with van der Waals surface area (Å²) in [5.74, 6) is 0.829. The van der Waals surface area contributed by atoms with Crippen LogP contribution in [-0.2, 0) is 0 Å². The molecule has 0 atom stereocenters. The number of ether oxygens (including phenoxy) is 1. The van der Waals surface area contributed by atoms with E-state index in [1.807, 2.05) is 35.2 Å². The zero-order valence-corrected chi connectivity index (χ0v) is 12.0. The van der Waals surface area contributed by atoms with Gasteiger partial charge in [0.2, 0.25) is 0 Å². The van der Waals surface area contributed by atoms with Gasteiger partial charge in [-0.3, -0.25) is 0 Å². The van der Waals surface area contributed by atoms with E-state index in [1.165, 1.54) is 12.8 Å². The molecule has 1 aromatic rings. The maximum Gasteiger partial charge on any atom is 0.321 e. The Balaban J connectivity index is 1.83. The summed E-state index contributed by atoms with van der Waals surface area (Å²) in [5, 5.41) is 2.83. The minimum Gasteiger partial charge on any atom is -0.497 e. The number of carbonyl (C=O) groups is 1. The summed E-state index contributed by atoms with van der Waals surface area (Å²) in [7, 11) is 1.65. The zero-order chi connectivity index (χ0) is 14.2. The average Bonchev–Trinajstić information content (AvgIpc) is 2.77. The van der Waals surface area contributed by atoms with Gasteiger partial charge in [0.1, 0.15) is 5.75 Å². The van der Waals surface area contributed by atoms with Gasteiger partial charge < -0.3 is 15.0 Å². The first-order valence-electron chi connectivity index (χ1n) is 7.15. The maximum absolute atomic E-state index is 12.0. The number of hydrogen-bond acceptors (Lipinski definition) is 2. The lowest BCUT2D eigenvalue weighted by atomic mass is 10.2. The van der Waals surface area contributed by atoms with E-state index in [1.54, 1.807) is 13.3 Å². The first-order chi connectivity index (χ1) is 9.79. The molecule has 0 saturated carbocycles. The van der Waals surface area contributed by atoms with Crippen molar-refractivity contribution in [3.05, 3.63) is 36.0 Å². The number of urea groups is 1. The van der Waals surface area contributed by atoms with E-state index in [4.69, 9.17) is 4.74 Å². The van der Waals surface area contributed by atoms with Crippen molar-refractivity contribution in [2.45, 2.75) is 25.7 Å². The summed E-state index contributed by atoms with van der Waals surface area (Å²) in [6, 6.07) is 7.70. The molecule has 1 saturated heterocycles. The number of amides is 2. The van der Waals surface area contributed by atoms with Crippen molar-refractivity contribution in [1.82, 2.24) is 10.2 Å². The van der Waals surface area contributed by atoms with Gasteiger partial charge in [-0.05, 0) is 36.6 Å². The van der Waals surface area contributed by atoms with Crippen molar-refractivity contribution >= 4 is 12.1 Å². The molecule has 1 aliphatic rings. The monoisotopic (exact) mass is 274 g/mol. The zero-order valence-electron chi connectivity index (χ0n) is 12.0.